The lowest BCUT2D eigenvalue weighted by Crippen LogP contribution is -2.23. The Bertz CT molecular complexity index is 962. The molecule has 5 nitrogen and oxygen atoms in total. The number of amides is 1. The van der Waals surface area contributed by atoms with Crippen LogP contribution in [0.5, 0.6) is 0 Å². The zero-order valence-electron chi connectivity index (χ0n) is 13.9. The molecule has 0 saturated carbocycles. The van der Waals surface area contributed by atoms with Gasteiger partial charge in [0.25, 0.3) is 0 Å². The van der Waals surface area contributed by atoms with Crippen molar-refractivity contribution < 1.29 is 9.18 Å². The number of aromatic amines is 1. The average Bonchev–Trinajstić information content (AvgIpc) is 3.11. The summed E-state index contributed by atoms with van der Waals surface area (Å²) < 4.78 is 13.0. The Morgan fingerprint density at radius 2 is 2.00 bits per heavy atom. The number of hydrogen-bond acceptors (Lipinski definition) is 4. The summed E-state index contributed by atoms with van der Waals surface area (Å²) in [7, 11) is 0. The summed E-state index contributed by atoms with van der Waals surface area (Å²) in [6, 6.07) is 15.0. The molecule has 0 radical (unpaired) electrons. The average molecular weight is 366 g/mol. The van der Waals surface area contributed by atoms with E-state index < -0.39 is 5.25 Å². The van der Waals surface area contributed by atoms with E-state index in [9.17, 15) is 9.18 Å². The molecule has 0 fully saturated rings. The molecule has 7 heteroatoms. The number of rotatable bonds is 5. The van der Waals surface area contributed by atoms with Crippen LogP contribution in [0.1, 0.15) is 12.5 Å². The minimum atomic E-state index is -0.422. The second kappa shape index (κ2) is 7.85. The maximum atomic E-state index is 13.0. The van der Waals surface area contributed by atoms with E-state index in [1.54, 1.807) is 49.5 Å². The molecule has 0 aliphatic rings. The van der Waals surface area contributed by atoms with E-state index in [-0.39, 0.29) is 11.7 Å². The van der Waals surface area contributed by atoms with Crippen LogP contribution in [-0.4, -0.2) is 21.1 Å². The molecule has 0 unspecified atom stereocenters. The number of benzene rings is 2. The summed E-state index contributed by atoms with van der Waals surface area (Å²) in [5.41, 5.74) is 2.45. The molecule has 0 bridgehead atoms. The number of anilines is 1. The van der Waals surface area contributed by atoms with Crippen molar-refractivity contribution in [3.8, 4) is 17.3 Å². The van der Waals surface area contributed by atoms with E-state index in [0.717, 1.165) is 11.3 Å². The van der Waals surface area contributed by atoms with Gasteiger partial charge in [-0.25, -0.2) is 9.37 Å². The topological polar surface area (TPSA) is 81.6 Å². The number of halogens is 1. The molecule has 0 spiro atoms. The van der Waals surface area contributed by atoms with E-state index >= 15 is 0 Å². The lowest BCUT2D eigenvalue weighted by molar-refractivity contribution is -0.115. The third-order valence-electron chi connectivity index (χ3n) is 3.67. The molecular weight excluding hydrogens is 351 g/mol. The molecule has 1 amide bonds. The predicted molar refractivity (Wildman–Crippen MR) is 99.1 cm³/mol. The highest BCUT2D eigenvalue weighted by molar-refractivity contribution is 8.00. The number of thioether (sulfide) groups is 1. The van der Waals surface area contributed by atoms with Gasteiger partial charge in [0.15, 0.2) is 5.16 Å². The number of imidazole rings is 1. The number of carbonyl (C=O) groups excluding carboxylic acids is 1. The van der Waals surface area contributed by atoms with Gasteiger partial charge in [0, 0.05) is 0 Å². The standard InChI is InChI=1S/C19H15FN4OS/c1-12(18(25)23-16-5-3-2-4-14(16)10-21)26-19-22-11-17(24-19)13-6-8-15(20)9-7-13/h2-9,11-12H,1H3,(H,22,24)(H,23,25)/t12-/m1/s1. The van der Waals surface area contributed by atoms with Crippen LogP contribution >= 0.6 is 11.8 Å². The molecule has 2 aromatic carbocycles. The summed E-state index contributed by atoms with van der Waals surface area (Å²) >= 11 is 1.27. The Balaban J connectivity index is 1.66. The van der Waals surface area contributed by atoms with Crippen LogP contribution in [0.4, 0.5) is 10.1 Å². The maximum absolute atomic E-state index is 13.0. The highest BCUT2D eigenvalue weighted by Gasteiger charge is 2.17. The number of hydrogen-bond donors (Lipinski definition) is 2. The van der Waals surface area contributed by atoms with Crippen molar-refractivity contribution in [2.75, 3.05) is 5.32 Å². The minimum absolute atomic E-state index is 0.225. The van der Waals surface area contributed by atoms with Gasteiger partial charge in [0.05, 0.1) is 28.4 Å². The molecule has 0 aliphatic heterocycles. The van der Waals surface area contributed by atoms with E-state index in [0.29, 0.717) is 16.4 Å². The van der Waals surface area contributed by atoms with Gasteiger partial charge in [0.1, 0.15) is 11.9 Å². The molecule has 0 saturated heterocycles. The summed E-state index contributed by atoms with van der Waals surface area (Å²) in [5.74, 6) is -0.525. The van der Waals surface area contributed by atoms with Gasteiger partial charge in [-0.3, -0.25) is 4.79 Å². The van der Waals surface area contributed by atoms with Crippen LogP contribution in [0, 0.1) is 17.1 Å². The SMILES string of the molecule is C[C@@H](Sc1ncc(-c2ccc(F)cc2)[nH]1)C(=O)Nc1ccccc1C#N. The van der Waals surface area contributed by atoms with Crippen LogP contribution in [0.3, 0.4) is 0 Å². The summed E-state index contributed by atoms with van der Waals surface area (Å²) in [6.45, 7) is 1.76. The van der Waals surface area contributed by atoms with Gasteiger partial charge < -0.3 is 10.3 Å². The number of aromatic nitrogens is 2. The zero-order valence-corrected chi connectivity index (χ0v) is 14.7. The Kier molecular flexibility index (Phi) is 5.34. The molecule has 0 aliphatic carbocycles. The lowest BCUT2D eigenvalue weighted by Gasteiger charge is -2.11. The van der Waals surface area contributed by atoms with Crippen LogP contribution in [0.25, 0.3) is 11.3 Å². The monoisotopic (exact) mass is 366 g/mol. The normalized spacial score (nSPS) is 11.6. The van der Waals surface area contributed by atoms with Crippen molar-refractivity contribution in [2.45, 2.75) is 17.3 Å². The predicted octanol–water partition coefficient (Wildman–Crippen LogP) is 4.21. The molecule has 1 heterocycles. The highest BCUT2D eigenvalue weighted by Crippen LogP contribution is 2.25. The van der Waals surface area contributed by atoms with Gasteiger partial charge in [0.2, 0.25) is 5.91 Å². The molecule has 1 aromatic heterocycles. The van der Waals surface area contributed by atoms with Crippen LogP contribution in [-0.2, 0) is 4.79 Å². The fourth-order valence-electron chi connectivity index (χ4n) is 2.28. The van der Waals surface area contributed by atoms with Crippen molar-refractivity contribution in [2.24, 2.45) is 0 Å². The quantitative estimate of drug-likeness (QED) is 0.663. The van der Waals surface area contributed by atoms with Crippen molar-refractivity contribution in [3.63, 3.8) is 0 Å². The number of nitrogens with zero attached hydrogens (tertiary/aromatic N) is 2. The molecule has 130 valence electrons. The van der Waals surface area contributed by atoms with Gasteiger partial charge >= 0.3 is 0 Å². The lowest BCUT2D eigenvalue weighted by atomic mass is 10.2. The van der Waals surface area contributed by atoms with Gasteiger partial charge in [-0.15, -0.1) is 0 Å². The Morgan fingerprint density at radius 1 is 1.27 bits per heavy atom. The van der Waals surface area contributed by atoms with Gasteiger partial charge in [-0.2, -0.15) is 5.26 Å². The summed E-state index contributed by atoms with van der Waals surface area (Å²) in [4.78, 5) is 19.8. The van der Waals surface area contributed by atoms with Crippen LogP contribution in [0.15, 0.2) is 59.9 Å². The molecule has 1 atom stereocenters. The zero-order chi connectivity index (χ0) is 18.5. The van der Waals surface area contributed by atoms with E-state index in [4.69, 9.17) is 5.26 Å². The Hall–Kier alpha value is -3.11. The van der Waals surface area contributed by atoms with Gasteiger partial charge in [-0.1, -0.05) is 23.9 Å². The molecule has 3 rings (SSSR count). The summed E-state index contributed by atoms with van der Waals surface area (Å²) in [6.07, 6.45) is 1.64. The Labute approximate surface area is 154 Å². The minimum Gasteiger partial charge on any atom is -0.333 e. The maximum Gasteiger partial charge on any atom is 0.237 e. The molecule has 3 aromatic rings. The smallest absolute Gasteiger partial charge is 0.237 e. The first-order valence-electron chi connectivity index (χ1n) is 7.84. The highest BCUT2D eigenvalue weighted by atomic mass is 32.2. The Morgan fingerprint density at radius 3 is 2.73 bits per heavy atom. The first kappa shape index (κ1) is 17.7. The summed E-state index contributed by atoms with van der Waals surface area (Å²) in [5, 5.41) is 12.0. The van der Waals surface area contributed by atoms with Gasteiger partial charge in [-0.05, 0) is 48.9 Å². The molecule has 26 heavy (non-hydrogen) atoms. The van der Waals surface area contributed by atoms with Crippen molar-refractivity contribution in [1.29, 1.82) is 5.26 Å². The van der Waals surface area contributed by atoms with Crippen LogP contribution in [0.2, 0.25) is 0 Å². The number of para-hydroxylation sites is 1. The number of nitrogens with one attached hydrogen (secondary N) is 2. The number of carbonyl (C=O) groups is 1. The van der Waals surface area contributed by atoms with E-state index in [2.05, 4.69) is 15.3 Å². The number of nitriles is 1. The third-order valence-corrected chi connectivity index (χ3v) is 4.67. The number of H-pyrrole nitrogens is 1. The van der Waals surface area contributed by atoms with E-state index in [1.807, 2.05) is 6.07 Å². The fourth-order valence-corrected chi connectivity index (χ4v) is 3.07. The van der Waals surface area contributed by atoms with Crippen molar-refractivity contribution in [1.82, 2.24) is 9.97 Å². The first-order chi connectivity index (χ1) is 12.6. The second-order valence-electron chi connectivity index (χ2n) is 5.52. The van der Waals surface area contributed by atoms with Crippen LogP contribution < -0.4 is 5.32 Å². The first-order valence-corrected chi connectivity index (χ1v) is 8.72. The van der Waals surface area contributed by atoms with Crippen molar-refractivity contribution >= 4 is 23.4 Å². The van der Waals surface area contributed by atoms with Crippen molar-refractivity contribution in [3.05, 3.63) is 66.1 Å². The molecular formula is C19H15FN4OS. The second-order valence-corrected chi connectivity index (χ2v) is 6.85. The molecule has 2 N–H and O–H groups in total. The van der Waals surface area contributed by atoms with E-state index in [1.165, 1.54) is 23.9 Å². The third kappa shape index (κ3) is 4.10. The fraction of sp³-hybridized carbons (Fsp3) is 0.105. The largest absolute Gasteiger partial charge is 0.333 e.